The molecule has 4 nitrogen and oxygen atoms in total. The molecule has 7 heteroatoms. The molecule has 1 aromatic heterocycles. The number of halogens is 3. The summed E-state index contributed by atoms with van der Waals surface area (Å²) in [6.45, 7) is 0.688. The Labute approximate surface area is 148 Å². The van der Waals surface area contributed by atoms with Crippen LogP contribution in [-0.4, -0.2) is 15.7 Å². The van der Waals surface area contributed by atoms with E-state index in [2.05, 4.69) is 10.4 Å². The second-order valence-electron chi connectivity index (χ2n) is 5.79. The van der Waals surface area contributed by atoms with E-state index in [0.29, 0.717) is 17.7 Å². The van der Waals surface area contributed by atoms with E-state index in [4.69, 9.17) is 0 Å². The van der Waals surface area contributed by atoms with Crippen molar-refractivity contribution < 1.29 is 18.0 Å². The minimum Gasteiger partial charge on any atom is -0.348 e. The second-order valence-corrected chi connectivity index (χ2v) is 5.79. The van der Waals surface area contributed by atoms with E-state index in [1.165, 1.54) is 18.3 Å². The Kier molecular flexibility index (Phi) is 5.06. The van der Waals surface area contributed by atoms with Gasteiger partial charge in [0, 0.05) is 12.7 Å². The van der Waals surface area contributed by atoms with Crippen molar-refractivity contribution >= 4 is 5.91 Å². The van der Waals surface area contributed by atoms with Gasteiger partial charge in [-0.15, -0.1) is 0 Å². The highest BCUT2D eigenvalue weighted by atomic mass is 19.4. The Balaban J connectivity index is 1.57. The van der Waals surface area contributed by atoms with Gasteiger partial charge in [-0.1, -0.05) is 42.5 Å². The van der Waals surface area contributed by atoms with Crippen LogP contribution in [0.15, 0.2) is 67.0 Å². The minimum absolute atomic E-state index is 0.140. The smallest absolute Gasteiger partial charge is 0.348 e. The zero-order valence-corrected chi connectivity index (χ0v) is 13.7. The Bertz CT molecular complexity index is 871. The van der Waals surface area contributed by atoms with Crippen LogP contribution in [0.25, 0.3) is 0 Å². The molecule has 0 aliphatic carbocycles. The van der Waals surface area contributed by atoms with Crippen LogP contribution in [-0.2, 0) is 19.3 Å². The molecule has 0 bridgehead atoms. The average molecular weight is 359 g/mol. The lowest BCUT2D eigenvalue weighted by Gasteiger charge is -2.08. The Morgan fingerprint density at radius 2 is 1.69 bits per heavy atom. The lowest BCUT2D eigenvalue weighted by molar-refractivity contribution is -0.137. The summed E-state index contributed by atoms with van der Waals surface area (Å²) < 4.78 is 39.3. The molecule has 0 saturated heterocycles. The molecular weight excluding hydrogens is 343 g/mol. The van der Waals surface area contributed by atoms with Gasteiger partial charge in [0.05, 0.1) is 23.9 Å². The van der Waals surface area contributed by atoms with Crippen LogP contribution in [0.5, 0.6) is 0 Å². The molecule has 0 aliphatic rings. The van der Waals surface area contributed by atoms with Crippen LogP contribution >= 0.6 is 0 Å². The van der Waals surface area contributed by atoms with Crippen LogP contribution in [0.4, 0.5) is 13.2 Å². The van der Waals surface area contributed by atoms with Gasteiger partial charge in [0.2, 0.25) is 0 Å². The number of nitrogens with zero attached hydrogens (tertiary/aromatic N) is 2. The third-order valence-electron chi connectivity index (χ3n) is 3.82. The molecule has 1 heterocycles. The fourth-order valence-electron chi connectivity index (χ4n) is 2.43. The number of nitrogens with one attached hydrogen (secondary N) is 1. The van der Waals surface area contributed by atoms with E-state index >= 15 is 0 Å². The highest BCUT2D eigenvalue weighted by Crippen LogP contribution is 2.29. The summed E-state index contributed by atoms with van der Waals surface area (Å²) >= 11 is 0. The number of rotatable bonds is 5. The van der Waals surface area contributed by atoms with Crippen LogP contribution < -0.4 is 5.32 Å². The Hall–Kier alpha value is -3.09. The zero-order chi connectivity index (χ0) is 18.6. The summed E-state index contributed by atoms with van der Waals surface area (Å²) in [6.07, 6.45) is -1.27. The maximum atomic E-state index is 12.5. The molecule has 0 unspecified atom stereocenters. The SMILES string of the molecule is O=C(NCc1ccc(C(F)(F)F)cc1)c1cnn(Cc2ccccc2)c1. The van der Waals surface area contributed by atoms with Crippen LogP contribution in [0, 0.1) is 0 Å². The first-order valence-corrected chi connectivity index (χ1v) is 7.92. The highest BCUT2D eigenvalue weighted by molar-refractivity contribution is 5.93. The minimum atomic E-state index is -4.37. The third kappa shape index (κ3) is 4.50. The molecule has 0 aliphatic heterocycles. The van der Waals surface area contributed by atoms with Gasteiger partial charge in [-0.2, -0.15) is 18.3 Å². The summed E-state index contributed by atoms with van der Waals surface area (Å²) in [6, 6.07) is 14.4. The number of alkyl halides is 3. The number of carbonyl (C=O) groups is 1. The van der Waals surface area contributed by atoms with Crippen LogP contribution in [0.1, 0.15) is 27.0 Å². The summed E-state index contributed by atoms with van der Waals surface area (Å²) in [5.74, 6) is -0.329. The maximum Gasteiger partial charge on any atom is 0.416 e. The van der Waals surface area contributed by atoms with E-state index in [9.17, 15) is 18.0 Å². The van der Waals surface area contributed by atoms with Gasteiger partial charge >= 0.3 is 6.18 Å². The van der Waals surface area contributed by atoms with E-state index in [0.717, 1.165) is 17.7 Å². The number of hydrogen-bond donors (Lipinski definition) is 1. The van der Waals surface area contributed by atoms with Crippen LogP contribution in [0.2, 0.25) is 0 Å². The Morgan fingerprint density at radius 1 is 1.00 bits per heavy atom. The van der Waals surface area contributed by atoms with E-state index in [1.54, 1.807) is 10.9 Å². The van der Waals surface area contributed by atoms with Gasteiger partial charge in [0.15, 0.2) is 0 Å². The lowest BCUT2D eigenvalue weighted by atomic mass is 10.1. The van der Waals surface area contributed by atoms with Gasteiger partial charge in [-0.05, 0) is 23.3 Å². The highest BCUT2D eigenvalue weighted by Gasteiger charge is 2.29. The molecule has 0 fully saturated rings. The van der Waals surface area contributed by atoms with Crippen molar-refractivity contribution in [1.82, 2.24) is 15.1 Å². The molecule has 3 rings (SSSR count). The molecule has 1 N–H and O–H groups in total. The Morgan fingerprint density at radius 3 is 2.35 bits per heavy atom. The van der Waals surface area contributed by atoms with E-state index in [-0.39, 0.29) is 12.5 Å². The molecule has 134 valence electrons. The zero-order valence-electron chi connectivity index (χ0n) is 13.7. The molecular formula is C19H16F3N3O. The molecule has 0 radical (unpaired) electrons. The van der Waals surface area contributed by atoms with Gasteiger partial charge in [0.1, 0.15) is 0 Å². The van der Waals surface area contributed by atoms with E-state index < -0.39 is 11.7 Å². The molecule has 0 spiro atoms. The first kappa shape index (κ1) is 17.7. The normalized spacial score (nSPS) is 11.3. The number of benzene rings is 2. The first-order valence-electron chi connectivity index (χ1n) is 7.92. The predicted molar refractivity (Wildman–Crippen MR) is 90.4 cm³/mol. The summed E-state index contributed by atoms with van der Waals surface area (Å²) in [7, 11) is 0. The first-order chi connectivity index (χ1) is 12.4. The van der Waals surface area contributed by atoms with Gasteiger partial charge in [-0.3, -0.25) is 9.48 Å². The summed E-state index contributed by atoms with van der Waals surface area (Å²) in [5, 5.41) is 6.83. The van der Waals surface area contributed by atoms with Crippen molar-refractivity contribution in [3.05, 3.63) is 89.2 Å². The molecule has 1 amide bonds. The summed E-state index contributed by atoms with van der Waals surface area (Å²) in [4.78, 5) is 12.2. The van der Waals surface area contributed by atoms with E-state index in [1.807, 2.05) is 30.3 Å². The number of hydrogen-bond acceptors (Lipinski definition) is 2. The number of amides is 1. The molecule has 0 atom stereocenters. The molecule has 2 aromatic carbocycles. The molecule has 26 heavy (non-hydrogen) atoms. The average Bonchev–Trinajstić information content (AvgIpc) is 3.09. The third-order valence-corrected chi connectivity index (χ3v) is 3.82. The number of aromatic nitrogens is 2. The quantitative estimate of drug-likeness (QED) is 0.752. The van der Waals surface area contributed by atoms with Gasteiger partial charge in [0.25, 0.3) is 5.91 Å². The fraction of sp³-hybridized carbons (Fsp3) is 0.158. The fourth-order valence-corrected chi connectivity index (χ4v) is 2.43. The predicted octanol–water partition coefficient (Wildman–Crippen LogP) is 3.88. The second kappa shape index (κ2) is 7.43. The van der Waals surface area contributed by atoms with Crippen LogP contribution in [0.3, 0.4) is 0 Å². The number of carbonyl (C=O) groups excluding carboxylic acids is 1. The van der Waals surface area contributed by atoms with Crippen molar-refractivity contribution in [2.24, 2.45) is 0 Å². The molecule has 0 saturated carbocycles. The van der Waals surface area contributed by atoms with Crippen molar-refractivity contribution in [2.75, 3.05) is 0 Å². The largest absolute Gasteiger partial charge is 0.416 e. The summed E-state index contributed by atoms with van der Waals surface area (Å²) in [5.41, 5.74) is 1.33. The lowest BCUT2D eigenvalue weighted by Crippen LogP contribution is -2.22. The van der Waals surface area contributed by atoms with Crippen molar-refractivity contribution in [1.29, 1.82) is 0 Å². The molecule has 3 aromatic rings. The van der Waals surface area contributed by atoms with Crippen molar-refractivity contribution in [3.8, 4) is 0 Å². The maximum absolute atomic E-state index is 12.5. The van der Waals surface area contributed by atoms with Gasteiger partial charge in [-0.25, -0.2) is 0 Å². The topological polar surface area (TPSA) is 46.9 Å². The monoisotopic (exact) mass is 359 g/mol. The van der Waals surface area contributed by atoms with Crippen molar-refractivity contribution in [3.63, 3.8) is 0 Å². The van der Waals surface area contributed by atoms with Gasteiger partial charge < -0.3 is 5.32 Å². The standard InChI is InChI=1S/C19H16F3N3O/c20-19(21,22)17-8-6-14(7-9-17)10-23-18(26)16-11-24-25(13-16)12-15-4-2-1-3-5-15/h1-9,11,13H,10,12H2,(H,23,26). The van der Waals surface area contributed by atoms with Crippen molar-refractivity contribution in [2.45, 2.75) is 19.3 Å².